The number of hydrogen-bond donors (Lipinski definition) is 2. The molecule has 6 nitrogen and oxygen atoms in total. The molecular formula is C22H26N2O4S2. The first-order chi connectivity index (χ1) is 14.5. The minimum absolute atomic E-state index is 0.181. The van der Waals surface area contributed by atoms with Gasteiger partial charge in [-0.3, -0.25) is 14.9 Å². The number of hydrogen-bond acceptors (Lipinski definition) is 6. The van der Waals surface area contributed by atoms with Crippen molar-refractivity contribution in [1.29, 1.82) is 0 Å². The van der Waals surface area contributed by atoms with Crippen LogP contribution in [0.1, 0.15) is 53.1 Å². The first-order valence-electron chi connectivity index (χ1n) is 10.2. The van der Waals surface area contributed by atoms with Crippen LogP contribution in [0.15, 0.2) is 29.2 Å². The molecule has 0 fully saturated rings. The highest BCUT2D eigenvalue weighted by atomic mass is 32.2. The third-order valence-electron chi connectivity index (χ3n) is 4.74. The van der Waals surface area contributed by atoms with E-state index in [2.05, 4.69) is 17.6 Å². The van der Waals surface area contributed by atoms with Gasteiger partial charge in [-0.2, -0.15) is 0 Å². The first-order valence-corrected chi connectivity index (χ1v) is 12.0. The Morgan fingerprint density at radius 3 is 2.53 bits per heavy atom. The number of thiophene rings is 1. The van der Waals surface area contributed by atoms with Crippen LogP contribution in [0.25, 0.3) is 0 Å². The molecule has 0 saturated carbocycles. The monoisotopic (exact) mass is 446 g/mol. The number of thioether (sulfide) groups is 1. The topological polar surface area (TPSA) is 84.5 Å². The third-order valence-corrected chi connectivity index (χ3v) is 6.84. The van der Waals surface area contributed by atoms with Crippen LogP contribution in [0, 0.1) is 0 Å². The summed E-state index contributed by atoms with van der Waals surface area (Å²) < 4.78 is 4.83. The fourth-order valence-electron chi connectivity index (χ4n) is 3.44. The summed E-state index contributed by atoms with van der Waals surface area (Å²) in [7, 11) is 0. The van der Waals surface area contributed by atoms with Crippen LogP contribution in [0.3, 0.4) is 0 Å². The number of carbonyl (C=O) groups excluding carboxylic acids is 3. The number of carbonyl (C=O) groups is 3. The number of imide groups is 1. The average Bonchev–Trinajstić information content (AvgIpc) is 3.07. The van der Waals surface area contributed by atoms with E-state index in [1.807, 2.05) is 24.3 Å². The van der Waals surface area contributed by atoms with E-state index in [9.17, 15) is 14.4 Å². The minimum atomic E-state index is -0.777. The predicted molar refractivity (Wildman–Crippen MR) is 121 cm³/mol. The van der Waals surface area contributed by atoms with Gasteiger partial charge in [0.05, 0.1) is 18.6 Å². The van der Waals surface area contributed by atoms with E-state index in [-0.39, 0.29) is 18.9 Å². The van der Waals surface area contributed by atoms with Crippen LogP contribution in [0.4, 0.5) is 9.80 Å². The number of aryl methyl sites for hydroxylation is 1. The Kier molecular flexibility index (Phi) is 7.93. The van der Waals surface area contributed by atoms with Crippen molar-refractivity contribution in [3.8, 4) is 0 Å². The molecule has 2 aromatic rings. The summed E-state index contributed by atoms with van der Waals surface area (Å²) >= 11 is 3.18. The molecule has 8 heteroatoms. The average molecular weight is 447 g/mol. The van der Waals surface area contributed by atoms with E-state index in [4.69, 9.17) is 4.74 Å². The van der Waals surface area contributed by atoms with Gasteiger partial charge in [0.1, 0.15) is 5.00 Å². The molecule has 3 rings (SSSR count). The zero-order valence-corrected chi connectivity index (χ0v) is 18.8. The summed E-state index contributed by atoms with van der Waals surface area (Å²) in [6, 6.07) is 7.93. The van der Waals surface area contributed by atoms with E-state index in [1.54, 1.807) is 18.7 Å². The van der Waals surface area contributed by atoms with E-state index in [1.165, 1.54) is 16.2 Å². The lowest BCUT2D eigenvalue weighted by molar-refractivity contribution is -0.115. The van der Waals surface area contributed by atoms with Crippen LogP contribution in [-0.4, -0.2) is 30.3 Å². The van der Waals surface area contributed by atoms with E-state index in [0.717, 1.165) is 47.4 Å². The molecule has 0 saturated heterocycles. The van der Waals surface area contributed by atoms with E-state index < -0.39 is 12.0 Å². The van der Waals surface area contributed by atoms with Crippen molar-refractivity contribution in [3.63, 3.8) is 0 Å². The standard InChI is InChI=1S/C22H26N2O4S2/c1-3-28-22(27)24-20(26)19-16-7-5-6-8-17(16)30-21(19)23-18(25)13-14-9-11-15(12-10-14)29-4-2/h9-12H,3-8,13H2,1-2H3,(H,23,25)(H,24,26,27). The van der Waals surface area contributed by atoms with Gasteiger partial charge in [0, 0.05) is 9.77 Å². The van der Waals surface area contributed by atoms with Crippen LogP contribution >= 0.6 is 23.1 Å². The number of amides is 3. The fraction of sp³-hybridized carbons (Fsp3) is 0.409. The second-order valence-corrected chi connectivity index (χ2v) is 9.33. The van der Waals surface area contributed by atoms with Crippen LogP contribution < -0.4 is 10.6 Å². The molecule has 2 N–H and O–H groups in total. The zero-order valence-electron chi connectivity index (χ0n) is 17.2. The van der Waals surface area contributed by atoms with Gasteiger partial charge in [-0.15, -0.1) is 23.1 Å². The van der Waals surface area contributed by atoms with E-state index in [0.29, 0.717) is 10.6 Å². The summed E-state index contributed by atoms with van der Waals surface area (Å²) in [5.41, 5.74) is 2.24. The molecule has 1 aromatic heterocycles. The number of benzene rings is 1. The van der Waals surface area contributed by atoms with Gasteiger partial charge in [-0.25, -0.2) is 4.79 Å². The molecule has 1 aliphatic carbocycles. The molecule has 0 bridgehead atoms. The van der Waals surface area contributed by atoms with Crippen LogP contribution in [0.2, 0.25) is 0 Å². The van der Waals surface area contributed by atoms with Crippen LogP contribution in [-0.2, 0) is 28.8 Å². The number of nitrogens with one attached hydrogen (secondary N) is 2. The molecule has 3 amide bonds. The summed E-state index contributed by atoms with van der Waals surface area (Å²) in [5, 5.41) is 5.68. The molecule has 0 spiro atoms. The maximum Gasteiger partial charge on any atom is 0.414 e. The molecule has 0 unspecified atom stereocenters. The summed E-state index contributed by atoms with van der Waals surface area (Å²) in [6.07, 6.45) is 3.13. The van der Waals surface area contributed by atoms with Crippen molar-refractivity contribution in [1.82, 2.24) is 5.32 Å². The lowest BCUT2D eigenvalue weighted by Crippen LogP contribution is -2.32. The van der Waals surface area contributed by atoms with Gasteiger partial charge >= 0.3 is 6.09 Å². The van der Waals surface area contributed by atoms with Crippen molar-refractivity contribution < 1.29 is 19.1 Å². The Morgan fingerprint density at radius 2 is 1.83 bits per heavy atom. The lowest BCUT2D eigenvalue weighted by Gasteiger charge is -2.13. The predicted octanol–water partition coefficient (Wildman–Crippen LogP) is 4.81. The van der Waals surface area contributed by atoms with E-state index >= 15 is 0 Å². The number of fused-ring (bicyclic) bond motifs is 1. The molecule has 1 aliphatic rings. The molecule has 30 heavy (non-hydrogen) atoms. The highest BCUT2D eigenvalue weighted by molar-refractivity contribution is 7.99. The fourth-order valence-corrected chi connectivity index (χ4v) is 5.41. The molecule has 1 heterocycles. The smallest absolute Gasteiger partial charge is 0.414 e. The summed E-state index contributed by atoms with van der Waals surface area (Å²) in [5.74, 6) is 0.290. The Labute approximate surface area is 184 Å². The quantitative estimate of drug-likeness (QED) is 0.597. The molecule has 1 aromatic carbocycles. The van der Waals surface area contributed by atoms with Crippen molar-refractivity contribution in [2.45, 2.75) is 50.8 Å². The van der Waals surface area contributed by atoms with Crippen LogP contribution in [0.5, 0.6) is 0 Å². The van der Waals surface area contributed by atoms with Crippen molar-refractivity contribution in [2.75, 3.05) is 17.7 Å². The second-order valence-electron chi connectivity index (χ2n) is 6.89. The number of ether oxygens (including phenoxy) is 1. The second kappa shape index (κ2) is 10.6. The Balaban J connectivity index is 1.75. The van der Waals surface area contributed by atoms with Gasteiger partial charge in [-0.1, -0.05) is 19.1 Å². The van der Waals surface area contributed by atoms with Crippen molar-refractivity contribution in [3.05, 3.63) is 45.8 Å². The number of rotatable bonds is 7. The first kappa shape index (κ1) is 22.4. The van der Waals surface area contributed by atoms with Gasteiger partial charge in [-0.05, 0) is 61.6 Å². The number of anilines is 1. The van der Waals surface area contributed by atoms with Gasteiger partial charge in [0.15, 0.2) is 0 Å². The summed E-state index contributed by atoms with van der Waals surface area (Å²) in [6.45, 7) is 3.96. The third kappa shape index (κ3) is 5.64. The zero-order chi connectivity index (χ0) is 21.5. The SMILES string of the molecule is CCOC(=O)NC(=O)c1c(NC(=O)Cc2ccc(SCC)cc2)sc2c1CCCC2. The molecule has 0 radical (unpaired) electrons. The molecule has 0 atom stereocenters. The normalized spacial score (nSPS) is 12.7. The van der Waals surface area contributed by atoms with Gasteiger partial charge < -0.3 is 10.1 Å². The molecular weight excluding hydrogens is 420 g/mol. The Bertz CT molecular complexity index is 922. The molecule has 0 aliphatic heterocycles. The Hall–Kier alpha value is -2.32. The minimum Gasteiger partial charge on any atom is -0.450 e. The lowest BCUT2D eigenvalue weighted by atomic mass is 9.95. The highest BCUT2D eigenvalue weighted by Crippen LogP contribution is 2.38. The molecule has 160 valence electrons. The maximum atomic E-state index is 12.8. The van der Waals surface area contributed by atoms with Crippen molar-refractivity contribution in [2.24, 2.45) is 0 Å². The van der Waals surface area contributed by atoms with Gasteiger partial charge in [0.2, 0.25) is 5.91 Å². The van der Waals surface area contributed by atoms with Gasteiger partial charge in [0.25, 0.3) is 5.91 Å². The summed E-state index contributed by atoms with van der Waals surface area (Å²) in [4.78, 5) is 39.4. The maximum absolute atomic E-state index is 12.8. The highest BCUT2D eigenvalue weighted by Gasteiger charge is 2.27. The number of alkyl carbamates (subject to hydrolysis) is 1. The van der Waals surface area contributed by atoms with Crippen molar-refractivity contribution >= 4 is 46.0 Å². The Morgan fingerprint density at radius 1 is 1.10 bits per heavy atom. The largest absolute Gasteiger partial charge is 0.450 e.